The standard InChI is InChI=1S/C31H28F3NO3/c1-22(24-13-6-3-7-14-24)35(21-23-11-4-2-5-12-23)28(20-30(36)37)26-16-10-15-25(19-26)27-17-8-9-18-29(27)38-31(32,33)34/h2-19,22,28H,20-21H2,1H3,(H,36,37)/t22-,28?/m1/s1. The number of carboxylic acids is 1. The van der Waals surface area contributed by atoms with Crippen LogP contribution in [0, 0.1) is 0 Å². The molecule has 196 valence electrons. The monoisotopic (exact) mass is 519 g/mol. The third-order valence-electron chi connectivity index (χ3n) is 6.45. The van der Waals surface area contributed by atoms with E-state index in [0.29, 0.717) is 17.7 Å². The van der Waals surface area contributed by atoms with Crippen molar-refractivity contribution >= 4 is 5.97 Å². The summed E-state index contributed by atoms with van der Waals surface area (Å²) in [5, 5.41) is 9.90. The van der Waals surface area contributed by atoms with Crippen LogP contribution in [0.3, 0.4) is 0 Å². The minimum atomic E-state index is -4.84. The molecule has 7 heteroatoms. The smallest absolute Gasteiger partial charge is 0.481 e. The van der Waals surface area contributed by atoms with Crippen LogP contribution in [-0.2, 0) is 11.3 Å². The van der Waals surface area contributed by atoms with Gasteiger partial charge in [-0.15, -0.1) is 13.2 Å². The lowest BCUT2D eigenvalue weighted by Crippen LogP contribution is -2.32. The highest BCUT2D eigenvalue weighted by Gasteiger charge is 2.32. The van der Waals surface area contributed by atoms with E-state index < -0.39 is 18.4 Å². The number of para-hydroxylation sites is 1. The maximum absolute atomic E-state index is 13.1. The van der Waals surface area contributed by atoms with Gasteiger partial charge in [-0.2, -0.15) is 0 Å². The molecule has 0 saturated heterocycles. The summed E-state index contributed by atoms with van der Waals surface area (Å²) in [6.45, 7) is 2.51. The van der Waals surface area contributed by atoms with E-state index in [1.54, 1.807) is 30.3 Å². The van der Waals surface area contributed by atoms with E-state index in [9.17, 15) is 23.1 Å². The SMILES string of the molecule is C[C@H](c1ccccc1)N(Cc1ccccc1)C(CC(=O)O)c1cccc(-c2ccccc2OC(F)(F)F)c1. The third kappa shape index (κ3) is 7.01. The zero-order chi connectivity index (χ0) is 27.1. The first-order valence-corrected chi connectivity index (χ1v) is 12.2. The number of halogens is 3. The van der Waals surface area contributed by atoms with Crippen LogP contribution in [0.2, 0.25) is 0 Å². The van der Waals surface area contributed by atoms with Crippen molar-refractivity contribution in [3.8, 4) is 16.9 Å². The number of ether oxygens (including phenoxy) is 1. The molecule has 0 aliphatic carbocycles. The second-order valence-electron chi connectivity index (χ2n) is 9.03. The lowest BCUT2D eigenvalue weighted by molar-refractivity contribution is -0.274. The fraction of sp³-hybridized carbons (Fsp3) is 0.194. The Bertz CT molecular complexity index is 1340. The highest BCUT2D eigenvalue weighted by atomic mass is 19.4. The number of rotatable bonds is 10. The van der Waals surface area contributed by atoms with Crippen LogP contribution in [0.25, 0.3) is 11.1 Å². The summed E-state index contributed by atoms with van der Waals surface area (Å²) < 4.78 is 43.4. The van der Waals surface area contributed by atoms with Gasteiger partial charge in [0.25, 0.3) is 0 Å². The van der Waals surface area contributed by atoms with E-state index in [4.69, 9.17) is 0 Å². The van der Waals surface area contributed by atoms with Gasteiger partial charge in [0.15, 0.2) is 0 Å². The van der Waals surface area contributed by atoms with Gasteiger partial charge in [-0.3, -0.25) is 9.69 Å². The van der Waals surface area contributed by atoms with Crippen LogP contribution in [0.1, 0.15) is 42.1 Å². The van der Waals surface area contributed by atoms with Crippen LogP contribution in [0.4, 0.5) is 13.2 Å². The molecule has 0 amide bonds. The second-order valence-corrected chi connectivity index (χ2v) is 9.03. The van der Waals surface area contributed by atoms with Gasteiger partial charge >= 0.3 is 12.3 Å². The minimum absolute atomic E-state index is 0.148. The largest absolute Gasteiger partial charge is 0.573 e. The van der Waals surface area contributed by atoms with Crippen LogP contribution in [-0.4, -0.2) is 22.3 Å². The van der Waals surface area contributed by atoms with Gasteiger partial charge < -0.3 is 9.84 Å². The Morgan fingerprint density at radius 2 is 1.45 bits per heavy atom. The molecule has 4 rings (SSSR count). The number of carboxylic acid groups (broad SMARTS) is 1. The average molecular weight is 520 g/mol. The van der Waals surface area contributed by atoms with Crippen molar-refractivity contribution in [2.45, 2.75) is 38.3 Å². The zero-order valence-corrected chi connectivity index (χ0v) is 20.8. The number of benzene rings is 4. The first-order valence-electron chi connectivity index (χ1n) is 12.2. The van der Waals surface area contributed by atoms with Gasteiger partial charge in [-0.05, 0) is 41.3 Å². The van der Waals surface area contributed by atoms with Gasteiger partial charge in [-0.1, -0.05) is 97.1 Å². The summed E-state index contributed by atoms with van der Waals surface area (Å²) >= 11 is 0. The lowest BCUT2D eigenvalue weighted by atomic mass is 9.94. The Morgan fingerprint density at radius 1 is 0.842 bits per heavy atom. The van der Waals surface area contributed by atoms with E-state index >= 15 is 0 Å². The molecule has 1 N–H and O–H groups in total. The number of alkyl halides is 3. The maximum Gasteiger partial charge on any atom is 0.573 e. The first kappa shape index (κ1) is 26.9. The van der Waals surface area contributed by atoms with Gasteiger partial charge in [0.05, 0.1) is 6.42 Å². The van der Waals surface area contributed by atoms with Crippen molar-refractivity contribution < 1.29 is 27.8 Å². The average Bonchev–Trinajstić information content (AvgIpc) is 2.91. The third-order valence-corrected chi connectivity index (χ3v) is 6.45. The molecular weight excluding hydrogens is 491 g/mol. The molecule has 0 aromatic heterocycles. The van der Waals surface area contributed by atoms with Crippen molar-refractivity contribution in [2.24, 2.45) is 0 Å². The summed E-state index contributed by atoms with van der Waals surface area (Å²) in [6, 6.07) is 31.8. The Hall–Kier alpha value is -4.10. The lowest BCUT2D eigenvalue weighted by Gasteiger charge is -2.37. The fourth-order valence-corrected chi connectivity index (χ4v) is 4.66. The van der Waals surface area contributed by atoms with E-state index in [1.165, 1.54) is 12.1 Å². The number of hydrogen-bond donors (Lipinski definition) is 1. The molecule has 0 aliphatic heterocycles. The number of aliphatic carboxylic acids is 1. The summed E-state index contributed by atoms with van der Waals surface area (Å²) in [5.41, 5.74) is 3.51. The van der Waals surface area contributed by atoms with E-state index in [2.05, 4.69) is 9.64 Å². The molecule has 0 radical (unpaired) electrons. The molecule has 0 heterocycles. The summed E-state index contributed by atoms with van der Waals surface area (Å²) in [5.74, 6) is -1.29. The topological polar surface area (TPSA) is 49.8 Å². The number of hydrogen-bond acceptors (Lipinski definition) is 3. The van der Waals surface area contributed by atoms with Crippen LogP contribution in [0.5, 0.6) is 5.75 Å². The number of nitrogens with zero attached hydrogens (tertiary/aromatic N) is 1. The minimum Gasteiger partial charge on any atom is -0.481 e. The fourth-order valence-electron chi connectivity index (χ4n) is 4.66. The van der Waals surface area contributed by atoms with E-state index in [-0.39, 0.29) is 23.8 Å². The predicted octanol–water partition coefficient (Wildman–Crippen LogP) is 8.03. The molecule has 4 nitrogen and oxygen atoms in total. The summed E-state index contributed by atoms with van der Waals surface area (Å²) in [6.07, 6.45) is -5.02. The van der Waals surface area contributed by atoms with Gasteiger partial charge in [0.2, 0.25) is 0 Å². The molecule has 1 unspecified atom stereocenters. The van der Waals surface area contributed by atoms with Crippen molar-refractivity contribution in [1.29, 1.82) is 0 Å². The molecular formula is C31H28F3NO3. The Morgan fingerprint density at radius 3 is 2.11 bits per heavy atom. The quantitative estimate of drug-likeness (QED) is 0.230. The van der Waals surface area contributed by atoms with Gasteiger partial charge in [0.1, 0.15) is 5.75 Å². The first-order chi connectivity index (χ1) is 18.2. The zero-order valence-electron chi connectivity index (χ0n) is 20.8. The van der Waals surface area contributed by atoms with Crippen molar-refractivity contribution in [1.82, 2.24) is 4.90 Å². The molecule has 0 saturated carbocycles. The Balaban J connectivity index is 1.79. The van der Waals surface area contributed by atoms with Gasteiger partial charge in [-0.25, -0.2) is 0 Å². The summed E-state index contributed by atoms with van der Waals surface area (Å²) in [7, 11) is 0. The molecule has 0 fully saturated rings. The highest BCUT2D eigenvalue weighted by Crippen LogP contribution is 2.38. The molecule has 2 atom stereocenters. The Kier molecular flexibility index (Phi) is 8.48. The van der Waals surface area contributed by atoms with Gasteiger partial charge in [0, 0.05) is 24.2 Å². The summed E-state index contributed by atoms with van der Waals surface area (Å²) in [4.78, 5) is 14.2. The number of carbonyl (C=O) groups is 1. The van der Waals surface area contributed by atoms with Crippen LogP contribution >= 0.6 is 0 Å². The van der Waals surface area contributed by atoms with Crippen molar-refractivity contribution in [2.75, 3.05) is 0 Å². The molecule has 4 aromatic rings. The van der Waals surface area contributed by atoms with Crippen molar-refractivity contribution in [3.05, 3.63) is 126 Å². The van der Waals surface area contributed by atoms with E-state index in [1.807, 2.05) is 73.7 Å². The van der Waals surface area contributed by atoms with Crippen LogP contribution < -0.4 is 4.74 Å². The molecule has 0 aliphatic rings. The second kappa shape index (κ2) is 12.0. The maximum atomic E-state index is 13.1. The molecule has 4 aromatic carbocycles. The molecule has 38 heavy (non-hydrogen) atoms. The van der Waals surface area contributed by atoms with Crippen LogP contribution in [0.15, 0.2) is 109 Å². The highest BCUT2D eigenvalue weighted by molar-refractivity contribution is 5.72. The normalized spacial score (nSPS) is 13.2. The molecule has 0 spiro atoms. The molecule has 0 bridgehead atoms. The Labute approximate surface area is 219 Å². The predicted molar refractivity (Wildman–Crippen MR) is 140 cm³/mol. The van der Waals surface area contributed by atoms with E-state index in [0.717, 1.165) is 11.1 Å². The van der Waals surface area contributed by atoms with Crippen molar-refractivity contribution in [3.63, 3.8) is 0 Å².